The summed E-state index contributed by atoms with van der Waals surface area (Å²) in [7, 11) is 0. The molecule has 0 radical (unpaired) electrons. The van der Waals surface area contributed by atoms with Crippen LogP contribution in [0, 0.1) is 0 Å². The highest BCUT2D eigenvalue weighted by molar-refractivity contribution is 7.99. The molecule has 0 saturated heterocycles. The highest BCUT2D eigenvalue weighted by Gasteiger charge is 2.16. The van der Waals surface area contributed by atoms with Crippen LogP contribution < -0.4 is 16.4 Å². The summed E-state index contributed by atoms with van der Waals surface area (Å²) >= 11 is 7.04. The highest BCUT2D eigenvalue weighted by atomic mass is 35.5. The van der Waals surface area contributed by atoms with E-state index in [1.807, 2.05) is 0 Å². The van der Waals surface area contributed by atoms with E-state index in [1.54, 1.807) is 24.3 Å². The fraction of sp³-hybridized carbons (Fsp3) is 0.294. The molecule has 136 valence electrons. The lowest BCUT2D eigenvalue weighted by molar-refractivity contribution is -0.119. The minimum Gasteiger partial charge on any atom is -0.301 e. The van der Waals surface area contributed by atoms with Crippen molar-refractivity contribution in [3.8, 4) is 0 Å². The van der Waals surface area contributed by atoms with Gasteiger partial charge in [-0.15, -0.1) is 0 Å². The van der Waals surface area contributed by atoms with Crippen LogP contribution in [0.15, 0.2) is 34.2 Å². The first-order chi connectivity index (χ1) is 12.5. The Morgan fingerprint density at radius 3 is 2.77 bits per heavy atom. The lowest BCUT2D eigenvalue weighted by Crippen LogP contribution is -2.42. The van der Waals surface area contributed by atoms with Crippen LogP contribution in [0.1, 0.15) is 34.5 Å². The Bertz CT molecular complexity index is 900. The molecular formula is C17H17ClN4O3S. The van der Waals surface area contributed by atoms with Gasteiger partial charge in [-0.25, -0.2) is 4.98 Å². The summed E-state index contributed by atoms with van der Waals surface area (Å²) < 4.78 is 0. The minimum atomic E-state index is -0.505. The number of nitrogens with one attached hydrogen (secondary N) is 3. The first kappa shape index (κ1) is 18.5. The number of halogens is 1. The number of H-pyrrole nitrogens is 1. The second-order valence-electron chi connectivity index (χ2n) is 5.77. The van der Waals surface area contributed by atoms with Gasteiger partial charge in [0.05, 0.1) is 22.0 Å². The molecule has 0 spiro atoms. The normalized spacial score (nSPS) is 13.0. The molecule has 0 bridgehead atoms. The number of rotatable bonds is 4. The van der Waals surface area contributed by atoms with Crippen molar-refractivity contribution in [2.24, 2.45) is 0 Å². The van der Waals surface area contributed by atoms with Gasteiger partial charge in [0, 0.05) is 5.56 Å². The molecule has 26 heavy (non-hydrogen) atoms. The Balaban J connectivity index is 1.53. The van der Waals surface area contributed by atoms with Gasteiger partial charge < -0.3 is 4.98 Å². The number of hydrogen-bond acceptors (Lipinski definition) is 5. The number of hydrogen-bond donors (Lipinski definition) is 3. The third kappa shape index (κ3) is 4.44. The molecular weight excluding hydrogens is 376 g/mol. The number of nitrogens with zero attached hydrogens (tertiary/aromatic N) is 1. The molecule has 3 rings (SSSR count). The van der Waals surface area contributed by atoms with Crippen molar-refractivity contribution in [1.29, 1.82) is 0 Å². The molecule has 0 atom stereocenters. The van der Waals surface area contributed by atoms with E-state index in [2.05, 4.69) is 20.8 Å². The largest absolute Gasteiger partial charge is 0.301 e. The predicted molar refractivity (Wildman–Crippen MR) is 99.3 cm³/mol. The molecule has 7 nitrogen and oxygen atoms in total. The van der Waals surface area contributed by atoms with Crippen LogP contribution in [0.5, 0.6) is 0 Å². The maximum atomic E-state index is 12.1. The monoisotopic (exact) mass is 392 g/mol. The number of aryl methyl sites for hydroxylation is 1. The van der Waals surface area contributed by atoms with Crippen LogP contribution in [0.25, 0.3) is 0 Å². The SMILES string of the molecule is O=C(CSc1nc2c(c(=O)[nH]1)CCCC2)NNC(=O)c1ccccc1Cl. The molecule has 1 heterocycles. The standard InChI is InChI=1S/C17H17ClN4O3S/c18-12-7-3-1-5-10(12)16(25)22-21-14(23)9-26-17-19-13-8-4-2-6-11(13)15(24)20-17/h1,3,5,7H,2,4,6,8-9H2,(H,21,23)(H,22,25)(H,19,20,24). The molecule has 2 aromatic rings. The van der Waals surface area contributed by atoms with Gasteiger partial charge in [-0.2, -0.15) is 0 Å². The Labute approximate surface area is 158 Å². The number of carbonyl (C=O) groups excluding carboxylic acids is 2. The smallest absolute Gasteiger partial charge is 0.271 e. The molecule has 0 aliphatic heterocycles. The summed E-state index contributed by atoms with van der Waals surface area (Å²) in [6.45, 7) is 0. The van der Waals surface area contributed by atoms with Gasteiger partial charge in [-0.1, -0.05) is 35.5 Å². The van der Waals surface area contributed by atoms with E-state index in [1.165, 1.54) is 0 Å². The third-order valence-electron chi connectivity index (χ3n) is 3.94. The quantitative estimate of drug-likeness (QED) is 0.418. The van der Waals surface area contributed by atoms with E-state index in [0.29, 0.717) is 10.2 Å². The van der Waals surface area contributed by atoms with Crippen LogP contribution in [0.4, 0.5) is 0 Å². The maximum absolute atomic E-state index is 12.1. The van der Waals surface area contributed by atoms with Crippen LogP contribution in [0.3, 0.4) is 0 Å². The lowest BCUT2D eigenvalue weighted by atomic mass is 9.97. The molecule has 9 heteroatoms. The van der Waals surface area contributed by atoms with E-state index >= 15 is 0 Å². The summed E-state index contributed by atoms with van der Waals surface area (Å²) in [4.78, 5) is 43.1. The third-order valence-corrected chi connectivity index (χ3v) is 5.15. The zero-order chi connectivity index (χ0) is 18.5. The van der Waals surface area contributed by atoms with Crippen molar-refractivity contribution in [1.82, 2.24) is 20.8 Å². The minimum absolute atomic E-state index is 0.00449. The predicted octanol–water partition coefficient (Wildman–Crippen LogP) is 1.86. The van der Waals surface area contributed by atoms with Crippen molar-refractivity contribution in [3.63, 3.8) is 0 Å². The number of amides is 2. The van der Waals surface area contributed by atoms with Crippen molar-refractivity contribution in [2.45, 2.75) is 30.8 Å². The molecule has 0 saturated carbocycles. The van der Waals surface area contributed by atoms with E-state index in [-0.39, 0.29) is 16.9 Å². The Kier molecular flexibility index (Phi) is 5.95. The van der Waals surface area contributed by atoms with Gasteiger partial charge in [-0.3, -0.25) is 25.2 Å². The molecule has 1 aliphatic rings. The molecule has 0 fully saturated rings. The van der Waals surface area contributed by atoms with E-state index in [9.17, 15) is 14.4 Å². The molecule has 2 amide bonds. The second kappa shape index (κ2) is 8.37. The topological polar surface area (TPSA) is 104 Å². The van der Waals surface area contributed by atoms with Gasteiger partial charge in [0.1, 0.15) is 0 Å². The number of fused-ring (bicyclic) bond motifs is 1. The number of thioether (sulfide) groups is 1. The van der Waals surface area contributed by atoms with Crippen LogP contribution in [-0.4, -0.2) is 27.5 Å². The fourth-order valence-electron chi connectivity index (χ4n) is 2.66. The summed E-state index contributed by atoms with van der Waals surface area (Å²) in [6, 6.07) is 6.53. The Morgan fingerprint density at radius 1 is 1.19 bits per heavy atom. The molecule has 1 aromatic carbocycles. The number of aromatic amines is 1. The highest BCUT2D eigenvalue weighted by Crippen LogP contribution is 2.19. The zero-order valence-electron chi connectivity index (χ0n) is 13.8. The van der Waals surface area contributed by atoms with E-state index < -0.39 is 11.8 Å². The van der Waals surface area contributed by atoms with E-state index in [4.69, 9.17) is 11.6 Å². The zero-order valence-corrected chi connectivity index (χ0v) is 15.4. The molecule has 1 aromatic heterocycles. The van der Waals surface area contributed by atoms with Gasteiger partial charge in [0.25, 0.3) is 11.5 Å². The summed E-state index contributed by atoms with van der Waals surface area (Å²) in [6.07, 6.45) is 3.55. The summed E-state index contributed by atoms with van der Waals surface area (Å²) in [5.41, 5.74) is 6.32. The number of hydrazine groups is 1. The number of benzene rings is 1. The summed E-state index contributed by atoms with van der Waals surface area (Å²) in [5, 5.41) is 0.702. The number of carbonyl (C=O) groups is 2. The van der Waals surface area contributed by atoms with Gasteiger partial charge in [0.2, 0.25) is 5.91 Å². The lowest BCUT2D eigenvalue weighted by Gasteiger charge is -2.14. The van der Waals surface area contributed by atoms with Crippen molar-refractivity contribution >= 4 is 35.2 Å². The van der Waals surface area contributed by atoms with Crippen molar-refractivity contribution in [2.75, 3.05) is 5.75 Å². The van der Waals surface area contributed by atoms with Crippen LogP contribution in [-0.2, 0) is 17.6 Å². The van der Waals surface area contributed by atoms with Crippen LogP contribution >= 0.6 is 23.4 Å². The van der Waals surface area contributed by atoms with Crippen molar-refractivity contribution in [3.05, 3.63) is 56.5 Å². The van der Waals surface area contributed by atoms with E-state index in [0.717, 1.165) is 48.7 Å². The average molecular weight is 393 g/mol. The summed E-state index contributed by atoms with van der Waals surface area (Å²) in [5.74, 6) is -0.921. The van der Waals surface area contributed by atoms with Crippen LogP contribution in [0.2, 0.25) is 5.02 Å². The first-order valence-corrected chi connectivity index (χ1v) is 9.49. The molecule has 3 N–H and O–H groups in total. The van der Waals surface area contributed by atoms with Gasteiger partial charge in [-0.05, 0) is 37.8 Å². The Hall–Kier alpha value is -2.32. The second-order valence-corrected chi connectivity index (χ2v) is 7.15. The first-order valence-electron chi connectivity index (χ1n) is 8.13. The van der Waals surface area contributed by atoms with Crippen molar-refractivity contribution < 1.29 is 9.59 Å². The Morgan fingerprint density at radius 2 is 1.96 bits per heavy atom. The number of aromatic nitrogens is 2. The fourth-order valence-corrected chi connectivity index (χ4v) is 3.56. The maximum Gasteiger partial charge on any atom is 0.271 e. The average Bonchev–Trinajstić information content (AvgIpc) is 2.65. The molecule has 0 unspecified atom stereocenters. The van der Waals surface area contributed by atoms with Gasteiger partial charge in [0.15, 0.2) is 5.16 Å². The van der Waals surface area contributed by atoms with Gasteiger partial charge >= 0.3 is 0 Å². The molecule has 1 aliphatic carbocycles.